The van der Waals surface area contributed by atoms with E-state index in [1.54, 1.807) is 30.3 Å². The summed E-state index contributed by atoms with van der Waals surface area (Å²) in [4.78, 5) is 34.6. The number of carbonyl (C=O) groups excluding carboxylic acids is 3. The van der Waals surface area contributed by atoms with Gasteiger partial charge in [0.15, 0.2) is 12.0 Å². The van der Waals surface area contributed by atoms with Crippen molar-refractivity contribution in [2.75, 3.05) is 6.61 Å². The summed E-state index contributed by atoms with van der Waals surface area (Å²) in [6.45, 7) is 4.31. The van der Waals surface area contributed by atoms with Crippen LogP contribution in [0.5, 0.6) is 0 Å². The zero-order valence-corrected chi connectivity index (χ0v) is 14.1. The van der Waals surface area contributed by atoms with Gasteiger partial charge in [0, 0.05) is 5.56 Å². The SMILES string of the molecule is CC(C)CCOC(=O)NNC(=O)c1ccccc1-c1ccc(C=O)o1. The number of amides is 2. The lowest BCUT2D eigenvalue weighted by Gasteiger charge is -2.11. The van der Waals surface area contributed by atoms with Crippen molar-refractivity contribution < 1.29 is 23.5 Å². The lowest BCUT2D eigenvalue weighted by molar-refractivity contribution is 0.0907. The Balaban J connectivity index is 2.00. The van der Waals surface area contributed by atoms with Crippen LogP contribution < -0.4 is 10.9 Å². The molecule has 1 heterocycles. The number of hydrazine groups is 1. The largest absolute Gasteiger partial charge is 0.453 e. The molecule has 0 saturated heterocycles. The van der Waals surface area contributed by atoms with Gasteiger partial charge in [0.2, 0.25) is 0 Å². The van der Waals surface area contributed by atoms with Crippen LogP contribution in [0.1, 0.15) is 41.2 Å². The highest BCUT2D eigenvalue weighted by Crippen LogP contribution is 2.25. The first-order valence-electron chi connectivity index (χ1n) is 7.88. The van der Waals surface area contributed by atoms with E-state index in [1.165, 1.54) is 6.07 Å². The number of furan rings is 1. The lowest BCUT2D eigenvalue weighted by Crippen LogP contribution is -2.42. The van der Waals surface area contributed by atoms with Crippen molar-refractivity contribution in [1.29, 1.82) is 0 Å². The maximum atomic E-state index is 12.3. The van der Waals surface area contributed by atoms with Crippen LogP contribution in [0.4, 0.5) is 4.79 Å². The molecule has 0 aliphatic heterocycles. The zero-order chi connectivity index (χ0) is 18.2. The van der Waals surface area contributed by atoms with E-state index in [2.05, 4.69) is 10.9 Å². The van der Waals surface area contributed by atoms with Crippen LogP contribution in [-0.4, -0.2) is 24.9 Å². The quantitative estimate of drug-likeness (QED) is 0.619. The predicted octanol–water partition coefficient (Wildman–Crippen LogP) is 3.18. The van der Waals surface area contributed by atoms with Gasteiger partial charge in [0.05, 0.1) is 12.2 Å². The maximum absolute atomic E-state index is 12.3. The smallest absolute Gasteiger partial charge is 0.426 e. The Labute approximate surface area is 145 Å². The van der Waals surface area contributed by atoms with Crippen molar-refractivity contribution in [3.8, 4) is 11.3 Å². The van der Waals surface area contributed by atoms with Crippen LogP contribution in [0.2, 0.25) is 0 Å². The topological polar surface area (TPSA) is 97.6 Å². The second kappa shape index (κ2) is 8.68. The van der Waals surface area contributed by atoms with Gasteiger partial charge in [0.1, 0.15) is 5.76 Å². The Morgan fingerprint density at radius 2 is 1.92 bits per heavy atom. The second-order valence-corrected chi connectivity index (χ2v) is 5.76. The van der Waals surface area contributed by atoms with E-state index in [0.717, 1.165) is 6.42 Å². The molecule has 0 radical (unpaired) electrons. The first kappa shape index (κ1) is 18.3. The molecule has 2 aromatic rings. The number of ether oxygens (including phenoxy) is 1. The molecule has 2 rings (SSSR count). The van der Waals surface area contributed by atoms with Crippen LogP contribution in [0.15, 0.2) is 40.8 Å². The van der Waals surface area contributed by atoms with Crippen LogP contribution in [0, 0.1) is 5.92 Å². The number of rotatable bonds is 6. The summed E-state index contributed by atoms with van der Waals surface area (Å²) < 4.78 is 10.3. The summed E-state index contributed by atoms with van der Waals surface area (Å²) in [5.74, 6) is 0.434. The van der Waals surface area contributed by atoms with E-state index in [1.807, 2.05) is 13.8 Å². The molecule has 0 fully saturated rings. The maximum Gasteiger partial charge on any atom is 0.426 e. The Kier molecular flexibility index (Phi) is 6.33. The van der Waals surface area contributed by atoms with E-state index < -0.39 is 12.0 Å². The van der Waals surface area contributed by atoms with Crippen molar-refractivity contribution in [2.24, 2.45) is 5.92 Å². The number of carbonyl (C=O) groups is 3. The van der Waals surface area contributed by atoms with Crippen LogP contribution in [-0.2, 0) is 4.74 Å². The van der Waals surface area contributed by atoms with Crippen LogP contribution in [0.25, 0.3) is 11.3 Å². The average Bonchev–Trinajstić information content (AvgIpc) is 3.08. The fourth-order valence-corrected chi connectivity index (χ4v) is 2.06. The zero-order valence-electron chi connectivity index (χ0n) is 14.1. The van der Waals surface area contributed by atoms with E-state index in [0.29, 0.717) is 23.5 Å². The molecule has 2 amide bonds. The average molecular weight is 344 g/mol. The highest BCUT2D eigenvalue weighted by Gasteiger charge is 2.16. The van der Waals surface area contributed by atoms with E-state index in [4.69, 9.17) is 9.15 Å². The summed E-state index contributed by atoms with van der Waals surface area (Å²) in [5.41, 5.74) is 5.29. The van der Waals surface area contributed by atoms with Crippen molar-refractivity contribution in [2.45, 2.75) is 20.3 Å². The fourth-order valence-electron chi connectivity index (χ4n) is 2.06. The molecule has 25 heavy (non-hydrogen) atoms. The minimum Gasteiger partial charge on any atom is -0.453 e. The van der Waals surface area contributed by atoms with Gasteiger partial charge < -0.3 is 9.15 Å². The number of benzene rings is 1. The Morgan fingerprint density at radius 1 is 1.16 bits per heavy atom. The summed E-state index contributed by atoms with van der Waals surface area (Å²) in [6, 6.07) is 9.80. The van der Waals surface area contributed by atoms with Crippen molar-refractivity contribution in [1.82, 2.24) is 10.9 Å². The minimum absolute atomic E-state index is 0.164. The summed E-state index contributed by atoms with van der Waals surface area (Å²) in [6.07, 6.45) is 0.593. The second-order valence-electron chi connectivity index (χ2n) is 5.76. The van der Waals surface area contributed by atoms with Crippen LogP contribution >= 0.6 is 0 Å². The molecule has 0 saturated carbocycles. The summed E-state index contributed by atoms with van der Waals surface area (Å²) >= 11 is 0. The number of hydrogen-bond acceptors (Lipinski definition) is 5. The molecule has 2 N–H and O–H groups in total. The third kappa shape index (κ3) is 5.20. The normalized spacial score (nSPS) is 10.4. The van der Waals surface area contributed by atoms with E-state index in [9.17, 15) is 14.4 Å². The molecule has 0 bridgehead atoms. The van der Waals surface area contributed by atoms with Gasteiger partial charge in [-0.2, -0.15) is 0 Å². The fraction of sp³-hybridized carbons (Fsp3) is 0.278. The molecule has 7 heteroatoms. The number of aldehydes is 1. The molecule has 7 nitrogen and oxygen atoms in total. The lowest BCUT2D eigenvalue weighted by atomic mass is 10.1. The molecular formula is C18H20N2O5. The predicted molar refractivity (Wildman–Crippen MR) is 90.9 cm³/mol. The Morgan fingerprint density at radius 3 is 2.60 bits per heavy atom. The van der Waals surface area contributed by atoms with Gasteiger partial charge in [-0.1, -0.05) is 32.0 Å². The van der Waals surface area contributed by atoms with Gasteiger partial charge in [-0.3, -0.25) is 15.0 Å². The Hall–Kier alpha value is -3.09. The number of nitrogens with one attached hydrogen (secondary N) is 2. The molecule has 1 aromatic carbocycles. The van der Waals surface area contributed by atoms with E-state index >= 15 is 0 Å². The third-order valence-corrected chi connectivity index (χ3v) is 3.39. The van der Waals surface area contributed by atoms with Gasteiger partial charge >= 0.3 is 6.09 Å². The van der Waals surface area contributed by atoms with Crippen molar-refractivity contribution in [3.63, 3.8) is 0 Å². The van der Waals surface area contributed by atoms with Gasteiger partial charge in [0.25, 0.3) is 5.91 Å². The summed E-state index contributed by atoms with van der Waals surface area (Å²) in [7, 11) is 0. The molecule has 0 aliphatic carbocycles. The molecule has 132 valence electrons. The molecule has 0 aliphatic rings. The van der Waals surface area contributed by atoms with Gasteiger partial charge in [-0.05, 0) is 30.5 Å². The molecule has 0 atom stereocenters. The van der Waals surface area contributed by atoms with Crippen molar-refractivity contribution >= 4 is 18.3 Å². The monoisotopic (exact) mass is 344 g/mol. The third-order valence-electron chi connectivity index (χ3n) is 3.39. The highest BCUT2D eigenvalue weighted by atomic mass is 16.6. The molecule has 0 unspecified atom stereocenters. The summed E-state index contributed by atoms with van der Waals surface area (Å²) in [5, 5.41) is 0. The standard InChI is InChI=1S/C18H20N2O5/c1-12(2)9-10-24-18(23)20-19-17(22)15-6-4-3-5-14(15)16-8-7-13(11-21)25-16/h3-8,11-12H,9-10H2,1-2H3,(H,19,22)(H,20,23). The van der Waals surface area contributed by atoms with E-state index in [-0.39, 0.29) is 17.9 Å². The molecule has 1 aromatic heterocycles. The first-order chi connectivity index (χ1) is 12.0. The molecular weight excluding hydrogens is 324 g/mol. The minimum atomic E-state index is -0.729. The Bertz CT molecular complexity index is 751. The van der Waals surface area contributed by atoms with Gasteiger partial charge in [-0.15, -0.1) is 0 Å². The molecule has 0 spiro atoms. The first-order valence-corrected chi connectivity index (χ1v) is 7.88. The number of hydrogen-bond donors (Lipinski definition) is 2. The highest BCUT2D eigenvalue weighted by molar-refractivity contribution is 6.00. The van der Waals surface area contributed by atoms with Crippen LogP contribution in [0.3, 0.4) is 0 Å². The van der Waals surface area contributed by atoms with Crippen molar-refractivity contribution in [3.05, 3.63) is 47.7 Å². The van der Waals surface area contributed by atoms with Gasteiger partial charge in [-0.25, -0.2) is 10.2 Å².